The maximum absolute atomic E-state index is 13.5. The Bertz CT molecular complexity index is 1590. The average molecular weight is 619 g/mol. The number of benzene rings is 2. The molecule has 4 aromatic rings. The summed E-state index contributed by atoms with van der Waals surface area (Å²) in [5.74, 6) is -0.0592. The lowest BCUT2D eigenvalue weighted by atomic mass is 9.85. The quantitative estimate of drug-likeness (QED) is 0.237. The Morgan fingerprint density at radius 1 is 0.955 bits per heavy atom. The van der Waals surface area contributed by atoms with Crippen molar-refractivity contribution in [2.75, 3.05) is 37.9 Å². The van der Waals surface area contributed by atoms with Crippen molar-refractivity contribution >= 4 is 45.9 Å². The van der Waals surface area contributed by atoms with Gasteiger partial charge in [0.05, 0.1) is 18.2 Å². The molecule has 2 N–H and O–H groups in total. The summed E-state index contributed by atoms with van der Waals surface area (Å²) in [5, 5.41) is 6.75. The molecule has 0 atom stereocenters. The largest absolute Gasteiger partial charge is 0.486 e. The number of hydrogen-bond donors (Lipinski definition) is 2. The first-order valence-electron chi connectivity index (χ1n) is 14.8. The molecule has 6 rings (SSSR count). The van der Waals surface area contributed by atoms with E-state index in [9.17, 15) is 9.59 Å². The molecule has 1 saturated carbocycles. The van der Waals surface area contributed by atoms with Gasteiger partial charge in [0.2, 0.25) is 11.7 Å². The van der Waals surface area contributed by atoms with Crippen LogP contribution in [0.2, 0.25) is 5.02 Å². The molecule has 0 spiro atoms. The molecule has 2 fully saturated rings. The van der Waals surface area contributed by atoms with Crippen LogP contribution in [-0.2, 0) is 14.3 Å². The fraction of sp³-hybridized carbons (Fsp3) is 0.364. The van der Waals surface area contributed by atoms with E-state index in [4.69, 9.17) is 30.2 Å². The molecule has 1 aliphatic heterocycles. The highest BCUT2D eigenvalue weighted by molar-refractivity contribution is 6.30. The first-order valence-corrected chi connectivity index (χ1v) is 15.1. The molecule has 230 valence electrons. The molecule has 2 amide bonds. The number of amides is 2. The van der Waals surface area contributed by atoms with Gasteiger partial charge in [-0.1, -0.05) is 41.9 Å². The average Bonchev–Trinajstić information content (AvgIpc) is 3.40. The maximum atomic E-state index is 13.5. The molecule has 2 aromatic heterocycles. The van der Waals surface area contributed by atoms with Crippen molar-refractivity contribution in [2.45, 2.75) is 44.1 Å². The van der Waals surface area contributed by atoms with Crippen LogP contribution in [0.4, 0.5) is 11.5 Å². The predicted octanol–water partition coefficient (Wildman–Crippen LogP) is 6.29. The molecule has 0 radical (unpaired) electrons. The SMILES string of the molecule is CN(C)[C@H]1CC[C@@H](C(=O)Nc2c(C(=O)Nc3ccc(Cl)cn3)oc3ccc(OC4COC(c5ccccc5)OC4)cc23)CC1. The number of halogens is 1. The molecule has 11 heteroatoms. The molecule has 0 unspecified atom stereocenters. The Morgan fingerprint density at radius 2 is 1.70 bits per heavy atom. The summed E-state index contributed by atoms with van der Waals surface area (Å²) in [4.78, 5) is 33.3. The second-order valence-electron chi connectivity index (χ2n) is 11.4. The van der Waals surface area contributed by atoms with Crippen molar-refractivity contribution in [2.24, 2.45) is 5.92 Å². The first kappa shape index (κ1) is 30.1. The second kappa shape index (κ2) is 13.4. The standard InChI is InChI=1S/C33H35ClN4O6/c1-38(2)23-11-8-20(9-12-23)31(39)37-29-26-16-24(43-25-18-41-33(42-19-25)21-6-4-3-5-7-21)13-14-27(26)44-30(29)32(40)36-28-15-10-22(34)17-35-28/h3-7,10,13-17,20,23,25,33H,8-9,11-12,18-19H2,1-2H3,(H,37,39)(H,35,36,40)/t20-,23+,25?,33?. The van der Waals surface area contributed by atoms with Gasteiger partial charge in [0, 0.05) is 29.1 Å². The first-order chi connectivity index (χ1) is 21.3. The van der Waals surface area contributed by atoms with Gasteiger partial charge in [-0.3, -0.25) is 9.59 Å². The van der Waals surface area contributed by atoms with Gasteiger partial charge in [0.25, 0.3) is 5.91 Å². The van der Waals surface area contributed by atoms with Crippen molar-refractivity contribution in [1.82, 2.24) is 9.88 Å². The number of hydrogen-bond acceptors (Lipinski definition) is 8. The molecule has 1 saturated heterocycles. The summed E-state index contributed by atoms with van der Waals surface area (Å²) in [7, 11) is 4.13. The van der Waals surface area contributed by atoms with Crippen molar-refractivity contribution in [1.29, 1.82) is 0 Å². The zero-order chi connectivity index (χ0) is 30.6. The van der Waals surface area contributed by atoms with Gasteiger partial charge >= 0.3 is 0 Å². The van der Waals surface area contributed by atoms with E-state index in [0.29, 0.717) is 46.8 Å². The van der Waals surface area contributed by atoms with Crippen LogP contribution < -0.4 is 15.4 Å². The summed E-state index contributed by atoms with van der Waals surface area (Å²) in [6, 6.07) is 18.6. The lowest BCUT2D eigenvalue weighted by Gasteiger charge is -2.31. The van der Waals surface area contributed by atoms with Gasteiger partial charge in [-0.25, -0.2) is 4.98 Å². The van der Waals surface area contributed by atoms with E-state index >= 15 is 0 Å². The van der Waals surface area contributed by atoms with Crippen LogP contribution in [0, 0.1) is 5.92 Å². The minimum Gasteiger partial charge on any atom is -0.486 e. The Balaban J connectivity index is 1.22. The van der Waals surface area contributed by atoms with Crippen molar-refractivity contribution in [3.63, 3.8) is 0 Å². The highest BCUT2D eigenvalue weighted by Crippen LogP contribution is 2.36. The number of anilines is 2. The number of pyridine rings is 1. The normalized spacial score (nSPS) is 22.1. The van der Waals surface area contributed by atoms with E-state index in [-0.39, 0.29) is 29.4 Å². The molecule has 1 aliphatic carbocycles. The van der Waals surface area contributed by atoms with E-state index in [0.717, 1.165) is 31.2 Å². The molecule has 10 nitrogen and oxygen atoms in total. The third-order valence-corrected chi connectivity index (χ3v) is 8.35. The fourth-order valence-electron chi connectivity index (χ4n) is 5.69. The van der Waals surface area contributed by atoms with E-state index in [1.807, 2.05) is 30.3 Å². The van der Waals surface area contributed by atoms with E-state index in [1.54, 1.807) is 30.3 Å². The van der Waals surface area contributed by atoms with Crippen molar-refractivity contribution in [3.05, 3.63) is 83.2 Å². The summed E-state index contributed by atoms with van der Waals surface area (Å²) in [6.45, 7) is 0.675. The van der Waals surface area contributed by atoms with Crippen LogP contribution >= 0.6 is 11.6 Å². The number of carbonyl (C=O) groups excluding carboxylic acids is 2. The summed E-state index contributed by atoms with van der Waals surface area (Å²) in [6.07, 6.45) is 4.04. The smallest absolute Gasteiger partial charge is 0.294 e. The van der Waals surface area contributed by atoms with Crippen LogP contribution in [0.3, 0.4) is 0 Å². The Labute approximate surface area is 260 Å². The zero-order valence-corrected chi connectivity index (χ0v) is 25.4. The van der Waals surface area contributed by atoms with Gasteiger partial charge in [0.15, 0.2) is 6.29 Å². The topological polar surface area (TPSA) is 115 Å². The lowest BCUT2D eigenvalue weighted by molar-refractivity contribution is -0.215. The Kier molecular flexibility index (Phi) is 9.13. The number of fused-ring (bicyclic) bond motifs is 1. The molecule has 0 bridgehead atoms. The van der Waals surface area contributed by atoms with Crippen LogP contribution in [0.15, 0.2) is 71.3 Å². The minimum absolute atomic E-state index is 0.0285. The Hall–Kier alpha value is -3.96. The zero-order valence-electron chi connectivity index (χ0n) is 24.6. The number of rotatable bonds is 8. The van der Waals surface area contributed by atoms with Gasteiger partial charge < -0.3 is 34.2 Å². The molecular formula is C33H35ClN4O6. The molecule has 3 heterocycles. The summed E-state index contributed by atoms with van der Waals surface area (Å²) >= 11 is 5.95. The predicted molar refractivity (Wildman–Crippen MR) is 167 cm³/mol. The van der Waals surface area contributed by atoms with Gasteiger partial charge in [-0.15, -0.1) is 0 Å². The monoisotopic (exact) mass is 618 g/mol. The minimum atomic E-state index is -0.550. The molecular weight excluding hydrogens is 584 g/mol. The molecule has 2 aliphatic rings. The summed E-state index contributed by atoms with van der Waals surface area (Å²) in [5.41, 5.74) is 1.66. The second-order valence-corrected chi connectivity index (χ2v) is 11.8. The Morgan fingerprint density at radius 3 is 2.39 bits per heavy atom. The van der Waals surface area contributed by atoms with E-state index in [1.165, 1.54) is 6.20 Å². The number of furan rings is 1. The molecule has 2 aromatic carbocycles. The maximum Gasteiger partial charge on any atom is 0.294 e. The van der Waals surface area contributed by atoms with Crippen LogP contribution in [0.5, 0.6) is 5.75 Å². The van der Waals surface area contributed by atoms with Crippen LogP contribution in [0.1, 0.15) is 48.1 Å². The number of nitrogens with one attached hydrogen (secondary N) is 2. The number of ether oxygens (including phenoxy) is 3. The van der Waals surface area contributed by atoms with E-state index in [2.05, 4.69) is 34.6 Å². The van der Waals surface area contributed by atoms with Crippen molar-refractivity contribution in [3.8, 4) is 5.75 Å². The van der Waals surface area contributed by atoms with Gasteiger partial charge in [0.1, 0.15) is 28.9 Å². The van der Waals surface area contributed by atoms with Gasteiger partial charge in [-0.2, -0.15) is 0 Å². The van der Waals surface area contributed by atoms with E-state index < -0.39 is 12.2 Å². The lowest BCUT2D eigenvalue weighted by Crippen LogP contribution is -2.35. The third kappa shape index (κ3) is 6.89. The highest BCUT2D eigenvalue weighted by atomic mass is 35.5. The van der Waals surface area contributed by atoms with Gasteiger partial charge in [-0.05, 0) is 70.1 Å². The van der Waals surface area contributed by atoms with Crippen LogP contribution in [-0.4, -0.2) is 61.2 Å². The number of aromatic nitrogens is 1. The molecule has 44 heavy (non-hydrogen) atoms. The van der Waals surface area contributed by atoms with Crippen molar-refractivity contribution < 1.29 is 28.2 Å². The number of nitrogens with zero attached hydrogens (tertiary/aromatic N) is 2. The fourth-order valence-corrected chi connectivity index (χ4v) is 5.80. The number of carbonyl (C=O) groups is 2. The third-order valence-electron chi connectivity index (χ3n) is 8.12. The summed E-state index contributed by atoms with van der Waals surface area (Å²) < 4.78 is 24.0. The highest BCUT2D eigenvalue weighted by Gasteiger charge is 2.31. The van der Waals surface area contributed by atoms with Crippen LogP contribution in [0.25, 0.3) is 11.0 Å².